The number of nitrogens with zero attached hydrogens (tertiary/aromatic N) is 1. The van der Waals surface area contributed by atoms with E-state index in [1.165, 1.54) is 5.56 Å². The van der Waals surface area contributed by atoms with Crippen molar-refractivity contribution in [2.24, 2.45) is 10.7 Å². The van der Waals surface area contributed by atoms with Gasteiger partial charge in [0, 0.05) is 19.2 Å². The van der Waals surface area contributed by atoms with Gasteiger partial charge >= 0.3 is 0 Å². The predicted molar refractivity (Wildman–Crippen MR) is 128 cm³/mol. The molecule has 2 amide bonds. The molecule has 0 aliphatic rings. The lowest BCUT2D eigenvalue weighted by molar-refractivity contribution is -0.117. The molecule has 2 aromatic rings. The second-order valence-electron chi connectivity index (χ2n) is 6.36. The van der Waals surface area contributed by atoms with Crippen LogP contribution in [-0.2, 0) is 11.3 Å². The van der Waals surface area contributed by atoms with Crippen LogP contribution < -0.4 is 26.4 Å². The average Bonchev–Trinajstić information content (AvgIpc) is 2.73. The van der Waals surface area contributed by atoms with Gasteiger partial charge in [-0.3, -0.25) is 14.6 Å². The molecule has 0 unspecified atom stereocenters. The first-order valence-corrected chi connectivity index (χ1v) is 9.27. The molecule has 0 saturated carbocycles. The molecule has 2 aromatic carbocycles. The molecule has 9 heteroatoms. The van der Waals surface area contributed by atoms with Gasteiger partial charge in [0.05, 0.1) is 13.1 Å². The number of halogens is 1. The molecule has 5 N–H and O–H groups in total. The lowest BCUT2D eigenvalue weighted by Crippen LogP contribution is -2.38. The fourth-order valence-corrected chi connectivity index (χ4v) is 2.42. The number of nitrogens with two attached hydrogens (primary N) is 1. The number of hydrogen-bond donors (Lipinski definition) is 4. The first-order valence-electron chi connectivity index (χ1n) is 9.27. The van der Waals surface area contributed by atoms with E-state index >= 15 is 0 Å². The van der Waals surface area contributed by atoms with Crippen molar-refractivity contribution in [2.45, 2.75) is 13.5 Å². The van der Waals surface area contributed by atoms with E-state index in [1.54, 1.807) is 19.2 Å². The minimum absolute atomic E-state index is 0. The van der Waals surface area contributed by atoms with E-state index in [1.807, 2.05) is 43.3 Å². The van der Waals surface area contributed by atoms with Crippen molar-refractivity contribution >= 4 is 41.8 Å². The largest absolute Gasteiger partial charge is 0.492 e. The van der Waals surface area contributed by atoms with Crippen LogP contribution in [0.1, 0.15) is 21.5 Å². The molecule has 2 rings (SSSR count). The Morgan fingerprint density at radius 3 is 2.27 bits per heavy atom. The van der Waals surface area contributed by atoms with Crippen LogP contribution in [0.5, 0.6) is 5.75 Å². The molecule has 0 aromatic heterocycles. The number of aryl methyl sites for hydroxylation is 1. The number of primary amides is 1. The smallest absolute Gasteiger partial charge is 0.251 e. The van der Waals surface area contributed by atoms with Crippen LogP contribution in [0.3, 0.4) is 0 Å². The van der Waals surface area contributed by atoms with Crippen molar-refractivity contribution in [1.29, 1.82) is 0 Å². The molecule has 0 spiro atoms. The molecule has 0 saturated heterocycles. The quantitative estimate of drug-likeness (QED) is 0.172. The van der Waals surface area contributed by atoms with Crippen molar-refractivity contribution in [2.75, 3.05) is 26.7 Å². The first kappa shape index (κ1) is 25.2. The van der Waals surface area contributed by atoms with Crippen molar-refractivity contribution < 1.29 is 14.3 Å². The number of nitrogens with one attached hydrogen (secondary N) is 3. The van der Waals surface area contributed by atoms with Crippen LogP contribution in [-0.4, -0.2) is 44.5 Å². The zero-order chi connectivity index (χ0) is 21.1. The Morgan fingerprint density at radius 2 is 1.67 bits per heavy atom. The number of hydrogen-bond acceptors (Lipinski definition) is 4. The van der Waals surface area contributed by atoms with Crippen molar-refractivity contribution in [1.82, 2.24) is 16.0 Å². The van der Waals surface area contributed by atoms with Crippen molar-refractivity contribution in [3.63, 3.8) is 0 Å². The van der Waals surface area contributed by atoms with E-state index < -0.39 is 5.91 Å². The Morgan fingerprint density at radius 1 is 1.00 bits per heavy atom. The fraction of sp³-hybridized carbons (Fsp3) is 0.286. The molecule has 0 heterocycles. The number of benzene rings is 2. The zero-order valence-electron chi connectivity index (χ0n) is 17.1. The number of ether oxygens (including phenoxy) is 1. The summed E-state index contributed by atoms with van der Waals surface area (Å²) in [5.74, 6) is 0.567. The Bertz CT molecular complexity index is 839. The summed E-state index contributed by atoms with van der Waals surface area (Å²) in [6.07, 6.45) is 0. The van der Waals surface area contributed by atoms with Gasteiger partial charge in [-0.25, -0.2) is 0 Å². The molecule has 0 fully saturated rings. The van der Waals surface area contributed by atoms with Crippen molar-refractivity contribution in [3.05, 3.63) is 65.2 Å². The van der Waals surface area contributed by atoms with Crippen LogP contribution in [0.25, 0.3) is 0 Å². The third kappa shape index (κ3) is 9.12. The fourth-order valence-electron chi connectivity index (χ4n) is 2.42. The second kappa shape index (κ2) is 13.4. The monoisotopic (exact) mass is 525 g/mol. The van der Waals surface area contributed by atoms with E-state index in [0.717, 1.165) is 11.3 Å². The highest BCUT2D eigenvalue weighted by atomic mass is 127. The maximum absolute atomic E-state index is 11.9. The van der Waals surface area contributed by atoms with Crippen LogP contribution in [0.2, 0.25) is 0 Å². The molecule has 0 bridgehead atoms. The van der Waals surface area contributed by atoms with E-state index in [-0.39, 0.29) is 36.4 Å². The molecule has 0 atom stereocenters. The summed E-state index contributed by atoms with van der Waals surface area (Å²) < 4.78 is 5.68. The minimum atomic E-state index is -0.581. The third-order valence-electron chi connectivity index (χ3n) is 4.01. The zero-order valence-corrected chi connectivity index (χ0v) is 19.4. The summed E-state index contributed by atoms with van der Waals surface area (Å²) in [6, 6.07) is 15.0. The molecule has 0 aliphatic heterocycles. The summed E-state index contributed by atoms with van der Waals surface area (Å²) in [5.41, 5.74) is 7.65. The number of rotatable bonds is 9. The molecular formula is C21H28IN5O3. The number of guanidine groups is 1. The lowest BCUT2D eigenvalue weighted by Gasteiger charge is -2.13. The van der Waals surface area contributed by atoms with Gasteiger partial charge in [-0.2, -0.15) is 0 Å². The molecule has 30 heavy (non-hydrogen) atoms. The van der Waals surface area contributed by atoms with Gasteiger partial charge in [0.15, 0.2) is 5.96 Å². The Labute approximate surface area is 193 Å². The maximum atomic E-state index is 11.9. The summed E-state index contributed by atoms with van der Waals surface area (Å²) in [5, 5.41) is 8.84. The molecule has 162 valence electrons. The normalized spacial score (nSPS) is 10.5. The average molecular weight is 525 g/mol. The summed E-state index contributed by atoms with van der Waals surface area (Å²) in [6.45, 7) is 3.51. The summed E-state index contributed by atoms with van der Waals surface area (Å²) in [4.78, 5) is 26.8. The summed E-state index contributed by atoms with van der Waals surface area (Å²) >= 11 is 0. The molecule has 0 aliphatic carbocycles. The maximum Gasteiger partial charge on any atom is 0.251 e. The Kier molecular flexibility index (Phi) is 11.3. The van der Waals surface area contributed by atoms with E-state index in [9.17, 15) is 9.59 Å². The van der Waals surface area contributed by atoms with Crippen LogP contribution in [0, 0.1) is 6.92 Å². The number of carbonyl (C=O) groups is 2. The highest BCUT2D eigenvalue weighted by molar-refractivity contribution is 14.0. The predicted octanol–water partition coefficient (Wildman–Crippen LogP) is 1.57. The molecule has 0 radical (unpaired) electrons. The highest BCUT2D eigenvalue weighted by Crippen LogP contribution is 2.10. The third-order valence-corrected chi connectivity index (χ3v) is 4.01. The minimum Gasteiger partial charge on any atom is -0.492 e. The van der Waals surface area contributed by atoms with E-state index in [0.29, 0.717) is 31.2 Å². The Balaban J connectivity index is 0.00000450. The van der Waals surface area contributed by atoms with Gasteiger partial charge in [-0.05, 0) is 36.8 Å². The topological polar surface area (TPSA) is 118 Å². The summed E-state index contributed by atoms with van der Waals surface area (Å²) in [7, 11) is 1.70. The van der Waals surface area contributed by atoms with Gasteiger partial charge in [0.1, 0.15) is 12.4 Å². The van der Waals surface area contributed by atoms with E-state index in [2.05, 4.69) is 20.9 Å². The lowest BCUT2D eigenvalue weighted by atomic mass is 10.1. The highest BCUT2D eigenvalue weighted by Gasteiger charge is 2.06. The molecule has 8 nitrogen and oxygen atoms in total. The van der Waals surface area contributed by atoms with Crippen molar-refractivity contribution in [3.8, 4) is 5.75 Å². The molecular weight excluding hydrogens is 497 g/mol. The number of aliphatic imine (C=N–C) groups is 1. The standard InChI is InChI=1S/C21H27N5O3.HI/c1-15-3-9-18(10-4-15)29-12-11-24-21(23-2)26-13-16-5-7-17(8-6-16)20(28)25-14-19(22)27;/h3-10H,11-14H2,1-2H3,(H2,22,27)(H,25,28)(H2,23,24,26);1H. The SMILES string of the molecule is CN=C(NCCOc1ccc(C)cc1)NCc1ccc(C(=O)NCC(N)=O)cc1.I. The second-order valence-corrected chi connectivity index (χ2v) is 6.36. The Hall–Kier alpha value is -2.82. The van der Waals surface area contributed by atoms with Crippen LogP contribution >= 0.6 is 24.0 Å². The number of amides is 2. The van der Waals surface area contributed by atoms with Crippen LogP contribution in [0.15, 0.2) is 53.5 Å². The first-order chi connectivity index (χ1) is 14.0. The van der Waals surface area contributed by atoms with Gasteiger partial charge in [0.2, 0.25) is 5.91 Å². The van der Waals surface area contributed by atoms with E-state index in [4.69, 9.17) is 10.5 Å². The van der Waals surface area contributed by atoms with Gasteiger partial charge in [-0.15, -0.1) is 24.0 Å². The number of carbonyl (C=O) groups excluding carboxylic acids is 2. The van der Waals surface area contributed by atoms with Crippen LogP contribution in [0.4, 0.5) is 0 Å². The van der Waals surface area contributed by atoms with Gasteiger partial charge < -0.3 is 26.4 Å². The van der Waals surface area contributed by atoms with Gasteiger partial charge in [-0.1, -0.05) is 29.8 Å². The van der Waals surface area contributed by atoms with Gasteiger partial charge in [0.25, 0.3) is 5.91 Å².